The monoisotopic (exact) mass is 437 g/mol. The maximum Gasteiger partial charge on any atom is 0.359 e. The first kappa shape index (κ1) is 23.9. The smallest absolute Gasteiger partial charge is 0.359 e. The van der Waals surface area contributed by atoms with Gasteiger partial charge in [0.2, 0.25) is 0 Å². The van der Waals surface area contributed by atoms with Crippen LogP contribution in [0.2, 0.25) is 5.02 Å². The number of halogens is 1. The first-order valence-electron chi connectivity index (χ1n) is 9.59. The third-order valence-electron chi connectivity index (χ3n) is 3.86. The van der Waals surface area contributed by atoms with Gasteiger partial charge in [0.15, 0.2) is 5.69 Å². The summed E-state index contributed by atoms with van der Waals surface area (Å²) in [5.74, 6) is -0.881. The highest BCUT2D eigenvalue weighted by Gasteiger charge is 2.22. The summed E-state index contributed by atoms with van der Waals surface area (Å²) in [6, 6.07) is 5.34. The van der Waals surface area contributed by atoms with Gasteiger partial charge in [0.05, 0.1) is 13.2 Å². The molecule has 1 heterocycles. The molecular weight excluding hydrogens is 410 g/mol. The number of carbonyl (C=O) groups excluding carboxylic acids is 2. The fourth-order valence-corrected chi connectivity index (χ4v) is 2.97. The molecule has 2 rings (SSSR count). The van der Waals surface area contributed by atoms with Gasteiger partial charge in [0.1, 0.15) is 12.3 Å². The number of carbonyl (C=O) groups is 2. The van der Waals surface area contributed by atoms with Crippen LogP contribution in [0.1, 0.15) is 43.7 Å². The number of rotatable bonds is 9. The Hall–Kier alpha value is -2.42. The second kappa shape index (κ2) is 10.6. The van der Waals surface area contributed by atoms with E-state index in [0.29, 0.717) is 22.7 Å². The lowest BCUT2D eigenvalue weighted by Crippen LogP contribution is -2.31. The molecule has 1 aromatic carbocycles. The highest BCUT2D eigenvalue weighted by Crippen LogP contribution is 2.30. The summed E-state index contributed by atoms with van der Waals surface area (Å²) >= 11 is 6.22. The van der Waals surface area contributed by atoms with Gasteiger partial charge in [0, 0.05) is 30.4 Å². The minimum atomic E-state index is -0.547. The summed E-state index contributed by atoms with van der Waals surface area (Å²) < 4.78 is 17.1. The minimum absolute atomic E-state index is 0.0486. The average Bonchev–Trinajstić information content (AvgIpc) is 3.06. The van der Waals surface area contributed by atoms with Gasteiger partial charge >= 0.3 is 11.9 Å². The van der Waals surface area contributed by atoms with Crippen molar-refractivity contribution in [2.24, 2.45) is 0 Å². The van der Waals surface area contributed by atoms with Crippen LogP contribution in [0.3, 0.4) is 0 Å². The van der Waals surface area contributed by atoms with Gasteiger partial charge in [-0.25, -0.2) is 9.48 Å². The maximum atomic E-state index is 12.4. The van der Waals surface area contributed by atoms with Crippen LogP contribution in [-0.4, -0.2) is 47.6 Å². The number of aromatic nitrogens is 2. The van der Waals surface area contributed by atoms with E-state index in [2.05, 4.69) is 10.4 Å². The van der Waals surface area contributed by atoms with Crippen LogP contribution in [0.4, 0.5) is 0 Å². The van der Waals surface area contributed by atoms with Crippen LogP contribution < -0.4 is 5.32 Å². The van der Waals surface area contributed by atoms with Crippen molar-refractivity contribution in [1.29, 1.82) is 0 Å². The number of esters is 2. The van der Waals surface area contributed by atoms with Crippen LogP contribution >= 0.6 is 11.6 Å². The quantitative estimate of drug-likeness (QED) is 0.601. The van der Waals surface area contributed by atoms with Crippen molar-refractivity contribution in [2.45, 2.75) is 46.6 Å². The van der Waals surface area contributed by atoms with Gasteiger partial charge in [-0.15, -0.1) is 0 Å². The van der Waals surface area contributed by atoms with E-state index in [1.807, 2.05) is 26.8 Å². The predicted octanol–water partition coefficient (Wildman–Crippen LogP) is 3.42. The van der Waals surface area contributed by atoms with E-state index < -0.39 is 11.6 Å². The molecule has 8 nitrogen and oxygen atoms in total. The van der Waals surface area contributed by atoms with Crippen LogP contribution in [0.15, 0.2) is 24.4 Å². The molecule has 0 aliphatic carbocycles. The molecule has 0 spiro atoms. The number of methoxy groups -OCH3 is 1. The lowest BCUT2D eigenvalue weighted by Gasteiger charge is -2.19. The molecule has 0 saturated carbocycles. The Morgan fingerprint density at radius 1 is 1.23 bits per heavy atom. The molecule has 1 N–H and O–H groups in total. The van der Waals surface area contributed by atoms with Gasteiger partial charge in [-0.2, -0.15) is 5.10 Å². The topological polar surface area (TPSA) is 91.7 Å². The van der Waals surface area contributed by atoms with Gasteiger partial charge in [0.25, 0.3) is 0 Å². The molecule has 9 heteroatoms. The molecule has 0 unspecified atom stereocenters. The third kappa shape index (κ3) is 6.83. The van der Waals surface area contributed by atoms with Gasteiger partial charge in [-0.3, -0.25) is 4.79 Å². The molecule has 2 aromatic rings. The number of nitrogens with zero attached hydrogens (tertiary/aromatic N) is 2. The first-order chi connectivity index (χ1) is 14.1. The van der Waals surface area contributed by atoms with Crippen LogP contribution in [0, 0.1) is 0 Å². The van der Waals surface area contributed by atoms with Crippen molar-refractivity contribution in [3.8, 4) is 11.1 Å². The molecule has 0 saturated heterocycles. The zero-order chi connectivity index (χ0) is 22.3. The normalized spacial score (nSPS) is 11.4. The number of benzene rings is 1. The van der Waals surface area contributed by atoms with Crippen LogP contribution in [-0.2, 0) is 32.3 Å². The average molecular weight is 438 g/mol. The number of hydrogen-bond donors (Lipinski definition) is 1. The van der Waals surface area contributed by atoms with Gasteiger partial charge in [-0.05, 0) is 51.0 Å². The molecule has 0 bridgehead atoms. The molecule has 0 radical (unpaired) electrons. The molecule has 30 heavy (non-hydrogen) atoms. The number of hydrogen-bond acceptors (Lipinski definition) is 7. The number of ether oxygens (including phenoxy) is 3. The molecule has 0 aliphatic heterocycles. The van der Waals surface area contributed by atoms with Gasteiger partial charge < -0.3 is 19.5 Å². The lowest BCUT2D eigenvalue weighted by molar-refractivity contribution is -0.153. The zero-order valence-corrected chi connectivity index (χ0v) is 18.7. The number of nitrogens with one attached hydrogen (secondary N) is 1. The minimum Gasteiger partial charge on any atom is -0.461 e. The SMILES string of the molecule is CCOC(=O)c1nn(COC)cc1-c1cc(Cl)ccc1CNCC(=O)OC(C)(C)C. The highest BCUT2D eigenvalue weighted by atomic mass is 35.5. The standard InChI is InChI=1S/C21H28ClN3O5/c1-6-29-20(27)19-17(12-25(24-19)13-28-5)16-9-15(22)8-7-14(16)10-23-11-18(26)30-21(2,3)4/h7-9,12,23H,6,10-11,13H2,1-5H3. The fourth-order valence-electron chi connectivity index (χ4n) is 2.80. The van der Waals surface area contributed by atoms with Crippen LogP contribution in [0.25, 0.3) is 11.1 Å². The Labute approximate surface area is 181 Å². The van der Waals surface area contributed by atoms with E-state index in [9.17, 15) is 9.59 Å². The molecule has 0 amide bonds. The van der Waals surface area contributed by atoms with Crippen molar-refractivity contribution in [3.63, 3.8) is 0 Å². The van der Waals surface area contributed by atoms with E-state index in [-0.39, 0.29) is 31.5 Å². The Kier molecular flexibility index (Phi) is 8.40. The highest BCUT2D eigenvalue weighted by molar-refractivity contribution is 6.31. The zero-order valence-electron chi connectivity index (χ0n) is 18.0. The molecule has 0 atom stereocenters. The summed E-state index contributed by atoms with van der Waals surface area (Å²) in [4.78, 5) is 24.4. The van der Waals surface area contributed by atoms with E-state index in [1.165, 1.54) is 11.8 Å². The Bertz CT molecular complexity index is 889. The van der Waals surface area contributed by atoms with Crippen molar-refractivity contribution < 1.29 is 23.8 Å². The second-order valence-corrected chi connectivity index (χ2v) is 8.00. The predicted molar refractivity (Wildman–Crippen MR) is 113 cm³/mol. The Morgan fingerprint density at radius 2 is 1.97 bits per heavy atom. The summed E-state index contributed by atoms with van der Waals surface area (Å²) in [5.41, 5.74) is 1.75. The Morgan fingerprint density at radius 3 is 2.60 bits per heavy atom. The largest absolute Gasteiger partial charge is 0.461 e. The molecule has 1 aromatic heterocycles. The molecule has 0 aliphatic rings. The summed E-state index contributed by atoms with van der Waals surface area (Å²) in [7, 11) is 1.54. The second-order valence-electron chi connectivity index (χ2n) is 7.56. The van der Waals surface area contributed by atoms with E-state index >= 15 is 0 Å². The Balaban J connectivity index is 2.30. The van der Waals surface area contributed by atoms with E-state index in [1.54, 1.807) is 25.3 Å². The van der Waals surface area contributed by atoms with Crippen molar-refractivity contribution in [3.05, 3.63) is 40.7 Å². The van der Waals surface area contributed by atoms with Crippen LogP contribution in [0.5, 0.6) is 0 Å². The lowest BCUT2D eigenvalue weighted by atomic mass is 10.00. The summed E-state index contributed by atoms with van der Waals surface area (Å²) in [5, 5.41) is 7.88. The maximum absolute atomic E-state index is 12.4. The molecular formula is C21H28ClN3O5. The summed E-state index contributed by atoms with van der Waals surface area (Å²) in [6.45, 7) is 8.00. The first-order valence-corrected chi connectivity index (χ1v) is 9.97. The van der Waals surface area contributed by atoms with Gasteiger partial charge in [-0.1, -0.05) is 17.7 Å². The third-order valence-corrected chi connectivity index (χ3v) is 4.09. The van der Waals surface area contributed by atoms with E-state index in [4.69, 9.17) is 25.8 Å². The molecule has 164 valence electrons. The van der Waals surface area contributed by atoms with Crippen molar-refractivity contribution in [2.75, 3.05) is 20.3 Å². The van der Waals surface area contributed by atoms with Crippen molar-refractivity contribution in [1.82, 2.24) is 15.1 Å². The summed E-state index contributed by atoms with van der Waals surface area (Å²) in [6.07, 6.45) is 1.71. The van der Waals surface area contributed by atoms with Crippen molar-refractivity contribution >= 4 is 23.5 Å². The van der Waals surface area contributed by atoms with E-state index in [0.717, 1.165) is 5.56 Å². The molecule has 0 fully saturated rings. The fraction of sp³-hybridized carbons (Fsp3) is 0.476.